The Morgan fingerprint density at radius 1 is 0.727 bits per heavy atom. The highest BCUT2D eigenvalue weighted by atomic mass is 19.1. The van der Waals surface area contributed by atoms with Crippen molar-refractivity contribution >= 4 is 0 Å². The first-order valence-electron chi connectivity index (χ1n) is 7.04. The highest BCUT2D eigenvalue weighted by Gasteiger charge is 2.08. The van der Waals surface area contributed by atoms with Crippen molar-refractivity contribution in [3.8, 4) is 22.4 Å². The van der Waals surface area contributed by atoms with Crippen molar-refractivity contribution in [2.75, 3.05) is 0 Å². The molecule has 0 saturated carbocycles. The molecule has 22 heavy (non-hydrogen) atoms. The lowest BCUT2D eigenvalue weighted by Gasteiger charge is -2.07. The summed E-state index contributed by atoms with van der Waals surface area (Å²) in [7, 11) is 0. The van der Waals surface area contributed by atoms with Crippen LogP contribution in [0.1, 0.15) is 11.1 Å². The topological polar surface area (TPSA) is 12.9 Å². The summed E-state index contributed by atoms with van der Waals surface area (Å²) >= 11 is 0. The maximum atomic E-state index is 13.7. The molecule has 0 saturated heterocycles. The van der Waals surface area contributed by atoms with Crippen molar-refractivity contribution < 1.29 is 8.78 Å². The van der Waals surface area contributed by atoms with E-state index < -0.39 is 11.6 Å². The summed E-state index contributed by atoms with van der Waals surface area (Å²) in [5, 5.41) is 0. The Labute approximate surface area is 128 Å². The highest BCUT2D eigenvalue weighted by molar-refractivity contribution is 5.69. The Hall–Kier alpha value is -2.55. The predicted molar refractivity (Wildman–Crippen MR) is 84.5 cm³/mol. The number of hydrogen-bond donors (Lipinski definition) is 0. The van der Waals surface area contributed by atoms with Crippen molar-refractivity contribution in [2.45, 2.75) is 13.8 Å². The molecule has 3 heteroatoms. The van der Waals surface area contributed by atoms with E-state index in [1.807, 2.05) is 49.5 Å². The number of pyridine rings is 1. The van der Waals surface area contributed by atoms with Crippen LogP contribution in [0.4, 0.5) is 8.78 Å². The predicted octanol–water partition coefficient (Wildman–Crippen LogP) is 5.31. The Bertz CT molecular complexity index is 783. The molecule has 0 radical (unpaired) electrons. The zero-order valence-electron chi connectivity index (χ0n) is 12.4. The number of aromatic nitrogens is 1. The fourth-order valence-electron chi connectivity index (χ4n) is 2.28. The lowest BCUT2D eigenvalue weighted by Crippen LogP contribution is -1.91. The molecule has 0 aliphatic heterocycles. The van der Waals surface area contributed by atoms with Crippen molar-refractivity contribution in [2.24, 2.45) is 0 Å². The summed E-state index contributed by atoms with van der Waals surface area (Å²) in [5.41, 5.74) is 4.29. The number of hydrogen-bond acceptors (Lipinski definition) is 1. The van der Waals surface area contributed by atoms with Crippen LogP contribution in [0, 0.1) is 25.5 Å². The molecular weight excluding hydrogens is 280 g/mol. The summed E-state index contributed by atoms with van der Waals surface area (Å²) in [4.78, 5) is 4.37. The Morgan fingerprint density at radius 3 is 1.86 bits per heavy atom. The highest BCUT2D eigenvalue weighted by Crippen LogP contribution is 2.26. The minimum Gasteiger partial charge on any atom is -0.256 e. The molecule has 0 N–H and O–H groups in total. The van der Waals surface area contributed by atoms with Crippen LogP contribution in [0.15, 0.2) is 54.7 Å². The van der Waals surface area contributed by atoms with Crippen molar-refractivity contribution in [3.63, 3.8) is 0 Å². The number of aryl methyl sites for hydroxylation is 1. The van der Waals surface area contributed by atoms with Gasteiger partial charge in [0.05, 0.1) is 5.69 Å². The van der Waals surface area contributed by atoms with Crippen LogP contribution in [-0.4, -0.2) is 4.98 Å². The van der Waals surface area contributed by atoms with E-state index in [-0.39, 0.29) is 5.56 Å². The first kappa shape index (κ1) is 14.4. The summed E-state index contributed by atoms with van der Waals surface area (Å²) in [6.45, 7) is 3.42. The van der Waals surface area contributed by atoms with E-state index in [0.29, 0.717) is 5.56 Å². The average molecular weight is 295 g/mol. The van der Waals surface area contributed by atoms with E-state index in [4.69, 9.17) is 0 Å². The molecule has 110 valence electrons. The van der Waals surface area contributed by atoms with E-state index in [9.17, 15) is 8.78 Å². The minimum atomic E-state index is -0.528. The third-order valence-electron chi connectivity index (χ3n) is 3.71. The lowest BCUT2D eigenvalue weighted by molar-refractivity contribution is 0.569. The summed E-state index contributed by atoms with van der Waals surface area (Å²) in [6.07, 6.45) is 1.81. The lowest BCUT2D eigenvalue weighted by atomic mass is 10.0. The number of halogens is 2. The van der Waals surface area contributed by atoms with Crippen LogP contribution in [-0.2, 0) is 0 Å². The van der Waals surface area contributed by atoms with Gasteiger partial charge in [0.2, 0.25) is 0 Å². The SMILES string of the molecule is Cc1ccc(-c2ccc(-c3cc(F)c(C)c(F)c3)cc2)nc1. The van der Waals surface area contributed by atoms with E-state index in [2.05, 4.69) is 4.98 Å². The largest absolute Gasteiger partial charge is 0.256 e. The van der Waals surface area contributed by atoms with Gasteiger partial charge in [0, 0.05) is 17.3 Å². The molecule has 0 aliphatic rings. The van der Waals surface area contributed by atoms with E-state index >= 15 is 0 Å². The fourth-order valence-corrected chi connectivity index (χ4v) is 2.28. The first-order chi connectivity index (χ1) is 10.5. The molecule has 1 heterocycles. The van der Waals surface area contributed by atoms with E-state index in [1.54, 1.807) is 0 Å². The molecule has 2 aromatic carbocycles. The molecule has 3 aromatic rings. The van der Waals surface area contributed by atoms with Crippen molar-refractivity contribution in [3.05, 3.63) is 77.5 Å². The molecule has 0 fully saturated rings. The van der Waals surface area contributed by atoms with Gasteiger partial charge < -0.3 is 0 Å². The second-order valence-electron chi connectivity index (χ2n) is 5.36. The number of nitrogens with zero attached hydrogens (tertiary/aromatic N) is 1. The van der Waals surface area contributed by atoms with Crippen LogP contribution < -0.4 is 0 Å². The monoisotopic (exact) mass is 295 g/mol. The molecule has 0 amide bonds. The van der Waals surface area contributed by atoms with Crippen LogP contribution >= 0.6 is 0 Å². The normalized spacial score (nSPS) is 10.7. The van der Waals surface area contributed by atoms with Crippen molar-refractivity contribution in [1.82, 2.24) is 4.98 Å². The molecule has 0 aliphatic carbocycles. The summed E-state index contributed by atoms with van der Waals surface area (Å²) in [5.74, 6) is -1.06. The third kappa shape index (κ3) is 2.75. The van der Waals surface area contributed by atoms with Crippen LogP contribution in [0.3, 0.4) is 0 Å². The Kier molecular flexibility index (Phi) is 3.72. The average Bonchev–Trinajstić information content (AvgIpc) is 2.53. The smallest absolute Gasteiger partial charge is 0.129 e. The Morgan fingerprint density at radius 2 is 1.32 bits per heavy atom. The molecular formula is C19H15F2N. The van der Waals surface area contributed by atoms with Gasteiger partial charge >= 0.3 is 0 Å². The van der Waals surface area contributed by atoms with Gasteiger partial charge in [0.1, 0.15) is 11.6 Å². The maximum absolute atomic E-state index is 13.7. The van der Waals surface area contributed by atoms with E-state index in [1.165, 1.54) is 19.1 Å². The zero-order chi connectivity index (χ0) is 15.7. The van der Waals surface area contributed by atoms with Gasteiger partial charge in [0.25, 0.3) is 0 Å². The van der Waals surface area contributed by atoms with Crippen LogP contribution in [0.5, 0.6) is 0 Å². The van der Waals surface area contributed by atoms with Gasteiger partial charge in [-0.3, -0.25) is 4.98 Å². The van der Waals surface area contributed by atoms with Gasteiger partial charge in [-0.25, -0.2) is 8.78 Å². The zero-order valence-corrected chi connectivity index (χ0v) is 12.4. The molecule has 0 bridgehead atoms. The standard InChI is InChI=1S/C19H15F2N/c1-12-3-8-19(22-11-12)15-6-4-14(5-7-15)16-9-17(20)13(2)18(21)10-16/h3-11H,1-2H3. The van der Waals surface area contributed by atoms with Crippen LogP contribution in [0.25, 0.3) is 22.4 Å². The van der Waals surface area contributed by atoms with Gasteiger partial charge in [-0.1, -0.05) is 30.3 Å². The molecule has 0 spiro atoms. The molecule has 0 unspecified atom stereocenters. The third-order valence-corrected chi connectivity index (χ3v) is 3.71. The van der Waals surface area contributed by atoms with Crippen LogP contribution in [0.2, 0.25) is 0 Å². The van der Waals surface area contributed by atoms with Gasteiger partial charge in [-0.2, -0.15) is 0 Å². The summed E-state index contributed by atoms with van der Waals surface area (Å²) < 4.78 is 27.3. The number of rotatable bonds is 2. The van der Waals surface area contributed by atoms with Gasteiger partial charge in [0.15, 0.2) is 0 Å². The second-order valence-corrected chi connectivity index (χ2v) is 5.36. The van der Waals surface area contributed by atoms with Gasteiger partial charge in [-0.05, 0) is 48.7 Å². The van der Waals surface area contributed by atoms with Gasteiger partial charge in [-0.15, -0.1) is 0 Å². The van der Waals surface area contributed by atoms with Crippen molar-refractivity contribution in [1.29, 1.82) is 0 Å². The molecule has 1 nitrogen and oxygen atoms in total. The number of benzene rings is 2. The first-order valence-corrected chi connectivity index (χ1v) is 7.04. The second kappa shape index (κ2) is 5.68. The molecule has 1 aromatic heterocycles. The fraction of sp³-hybridized carbons (Fsp3) is 0.105. The van der Waals surface area contributed by atoms with E-state index in [0.717, 1.165) is 22.4 Å². The Balaban J connectivity index is 1.96. The quantitative estimate of drug-likeness (QED) is 0.624. The molecule has 3 rings (SSSR count). The maximum Gasteiger partial charge on any atom is 0.129 e. The summed E-state index contributed by atoms with van der Waals surface area (Å²) in [6, 6.07) is 14.2. The molecule has 0 atom stereocenters. The minimum absolute atomic E-state index is 0.0456.